The molecule has 3 aromatic rings. The van der Waals surface area contributed by atoms with Crippen molar-refractivity contribution in [3.8, 4) is 0 Å². The molecular formula is C19H23N5O. The van der Waals surface area contributed by atoms with Gasteiger partial charge >= 0.3 is 0 Å². The number of β-amino-alcohol motifs (C(OH)–C–C–N with tert-alkyl or cyclic N) is 1. The minimum Gasteiger partial charge on any atom is -0.387 e. The summed E-state index contributed by atoms with van der Waals surface area (Å²) < 4.78 is 0. The van der Waals surface area contributed by atoms with Crippen molar-refractivity contribution in [2.45, 2.75) is 19.1 Å². The van der Waals surface area contributed by atoms with E-state index in [9.17, 15) is 5.11 Å². The summed E-state index contributed by atoms with van der Waals surface area (Å²) in [7, 11) is 0. The normalized spacial score (nSPS) is 20.1. The molecular weight excluding hydrogens is 314 g/mol. The van der Waals surface area contributed by atoms with Gasteiger partial charge in [-0.1, -0.05) is 30.3 Å². The van der Waals surface area contributed by atoms with Crippen LogP contribution in [0.4, 0.5) is 5.82 Å². The predicted molar refractivity (Wildman–Crippen MR) is 98.5 cm³/mol. The van der Waals surface area contributed by atoms with E-state index in [-0.39, 0.29) is 0 Å². The monoisotopic (exact) mass is 337 g/mol. The standard InChI is InChI=1S/C19H23N5O/c1-14-11-24(19-16-7-8-20-18(16)21-13-22-19)10-9-23(14)12-17(25)15-5-3-2-4-6-15/h2-8,13-14,17,25H,9-12H2,1H3,(H,20,21,22)/t14-,17-/m0/s1. The van der Waals surface area contributed by atoms with Crippen LogP contribution in [0.25, 0.3) is 11.0 Å². The van der Waals surface area contributed by atoms with E-state index in [2.05, 4.69) is 31.7 Å². The Morgan fingerprint density at radius 3 is 2.84 bits per heavy atom. The first-order chi connectivity index (χ1) is 12.2. The zero-order valence-electron chi connectivity index (χ0n) is 14.3. The molecule has 2 aromatic heterocycles. The quantitative estimate of drug-likeness (QED) is 0.764. The average molecular weight is 337 g/mol. The average Bonchev–Trinajstić information content (AvgIpc) is 3.13. The molecule has 0 saturated carbocycles. The van der Waals surface area contributed by atoms with Crippen LogP contribution in [-0.2, 0) is 0 Å². The fourth-order valence-electron chi connectivity index (χ4n) is 3.57. The molecule has 130 valence electrons. The summed E-state index contributed by atoms with van der Waals surface area (Å²) >= 11 is 0. The molecule has 0 spiro atoms. The first-order valence-corrected chi connectivity index (χ1v) is 8.72. The van der Waals surface area contributed by atoms with Gasteiger partial charge in [0.25, 0.3) is 0 Å². The fraction of sp³-hybridized carbons (Fsp3) is 0.368. The zero-order chi connectivity index (χ0) is 17.2. The first kappa shape index (κ1) is 16.1. The number of nitrogens with zero attached hydrogens (tertiary/aromatic N) is 4. The third-order valence-corrected chi connectivity index (χ3v) is 4.99. The van der Waals surface area contributed by atoms with Gasteiger partial charge < -0.3 is 15.0 Å². The second kappa shape index (κ2) is 6.82. The molecule has 4 rings (SSSR count). The fourth-order valence-corrected chi connectivity index (χ4v) is 3.57. The van der Waals surface area contributed by atoms with Crippen molar-refractivity contribution in [3.63, 3.8) is 0 Å². The van der Waals surface area contributed by atoms with Crippen molar-refractivity contribution in [2.75, 3.05) is 31.1 Å². The number of aromatic nitrogens is 3. The van der Waals surface area contributed by atoms with Gasteiger partial charge in [-0.3, -0.25) is 4.90 Å². The lowest BCUT2D eigenvalue weighted by atomic mass is 10.1. The Morgan fingerprint density at radius 2 is 2.04 bits per heavy atom. The van der Waals surface area contributed by atoms with E-state index in [4.69, 9.17) is 0 Å². The van der Waals surface area contributed by atoms with Crippen molar-refractivity contribution in [1.29, 1.82) is 0 Å². The van der Waals surface area contributed by atoms with Crippen LogP contribution in [-0.4, -0.2) is 57.2 Å². The maximum atomic E-state index is 10.5. The van der Waals surface area contributed by atoms with Crippen LogP contribution < -0.4 is 4.90 Å². The Balaban J connectivity index is 1.45. The molecule has 2 atom stereocenters. The number of fused-ring (bicyclic) bond motifs is 1. The number of piperazine rings is 1. The van der Waals surface area contributed by atoms with Crippen LogP contribution in [0.3, 0.4) is 0 Å². The summed E-state index contributed by atoms with van der Waals surface area (Å²) in [6.45, 7) is 5.55. The molecule has 3 heterocycles. The van der Waals surface area contributed by atoms with Crippen molar-refractivity contribution in [2.24, 2.45) is 0 Å². The number of anilines is 1. The van der Waals surface area contributed by atoms with Gasteiger partial charge in [-0.2, -0.15) is 0 Å². The molecule has 1 aliphatic heterocycles. The number of aliphatic hydroxyl groups is 1. The van der Waals surface area contributed by atoms with Crippen LogP contribution in [0.1, 0.15) is 18.6 Å². The molecule has 0 unspecified atom stereocenters. The van der Waals surface area contributed by atoms with E-state index < -0.39 is 6.10 Å². The number of H-pyrrole nitrogens is 1. The van der Waals surface area contributed by atoms with Gasteiger partial charge in [-0.05, 0) is 18.6 Å². The smallest absolute Gasteiger partial charge is 0.142 e. The Bertz CT molecular complexity index is 834. The Hall–Kier alpha value is -2.44. The van der Waals surface area contributed by atoms with E-state index in [0.29, 0.717) is 12.6 Å². The number of hydrogen-bond donors (Lipinski definition) is 2. The number of rotatable bonds is 4. The van der Waals surface area contributed by atoms with E-state index in [0.717, 1.165) is 42.0 Å². The molecule has 1 fully saturated rings. The molecule has 25 heavy (non-hydrogen) atoms. The highest BCUT2D eigenvalue weighted by Crippen LogP contribution is 2.25. The highest BCUT2D eigenvalue weighted by molar-refractivity contribution is 5.87. The molecule has 1 aliphatic rings. The summed E-state index contributed by atoms with van der Waals surface area (Å²) in [5, 5.41) is 11.6. The van der Waals surface area contributed by atoms with Gasteiger partial charge in [0, 0.05) is 38.4 Å². The third kappa shape index (κ3) is 3.23. The Morgan fingerprint density at radius 1 is 1.20 bits per heavy atom. The van der Waals surface area contributed by atoms with Gasteiger partial charge in [-0.25, -0.2) is 9.97 Å². The molecule has 6 heteroatoms. The number of nitrogens with one attached hydrogen (secondary N) is 1. The molecule has 0 amide bonds. The lowest BCUT2D eigenvalue weighted by Crippen LogP contribution is -2.53. The van der Waals surface area contributed by atoms with Crippen LogP contribution >= 0.6 is 0 Å². The second-order valence-electron chi connectivity index (χ2n) is 6.65. The SMILES string of the molecule is C[C@H]1CN(c2ncnc3[nH]ccc23)CCN1C[C@H](O)c1ccccc1. The lowest BCUT2D eigenvalue weighted by molar-refractivity contribution is 0.0849. The number of aromatic amines is 1. The van der Waals surface area contributed by atoms with Crippen LogP contribution in [0.15, 0.2) is 48.9 Å². The van der Waals surface area contributed by atoms with Crippen molar-refractivity contribution in [3.05, 3.63) is 54.5 Å². The van der Waals surface area contributed by atoms with E-state index in [1.54, 1.807) is 6.33 Å². The second-order valence-corrected chi connectivity index (χ2v) is 6.65. The van der Waals surface area contributed by atoms with Gasteiger partial charge in [0.1, 0.15) is 17.8 Å². The van der Waals surface area contributed by atoms with Crippen molar-refractivity contribution >= 4 is 16.9 Å². The summed E-state index contributed by atoms with van der Waals surface area (Å²) in [4.78, 5) is 16.6. The molecule has 0 radical (unpaired) electrons. The molecule has 1 aromatic carbocycles. The number of hydrogen-bond acceptors (Lipinski definition) is 5. The highest BCUT2D eigenvalue weighted by atomic mass is 16.3. The van der Waals surface area contributed by atoms with Gasteiger partial charge in [0.2, 0.25) is 0 Å². The number of aliphatic hydroxyl groups excluding tert-OH is 1. The van der Waals surface area contributed by atoms with E-state index in [1.807, 2.05) is 42.6 Å². The Labute approximate surface area is 147 Å². The summed E-state index contributed by atoms with van der Waals surface area (Å²) in [6, 6.07) is 12.2. The molecule has 0 bridgehead atoms. The maximum Gasteiger partial charge on any atom is 0.142 e. The first-order valence-electron chi connectivity index (χ1n) is 8.72. The maximum absolute atomic E-state index is 10.5. The Kier molecular flexibility index (Phi) is 4.38. The topological polar surface area (TPSA) is 68.3 Å². The molecule has 0 aliphatic carbocycles. The third-order valence-electron chi connectivity index (χ3n) is 4.99. The van der Waals surface area contributed by atoms with Crippen LogP contribution in [0.5, 0.6) is 0 Å². The summed E-state index contributed by atoms with van der Waals surface area (Å²) in [6.07, 6.45) is 3.06. The highest BCUT2D eigenvalue weighted by Gasteiger charge is 2.27. The van der Waals surface area contributed by atoms with E-state index in [1.165, 1.54) is 0 Å². The van der Waals surface area contributed by atoms with Crippen LogP contribution in [0.2, 0.25) is 0 Å². The zero-order valence-corrected chi connectivity index (χ0v) is 14.3. The number of benzene rings is 1. The molecule has 2 N–H and O–H groups in total. The van der Waals surface area contributed by atoms with Gasteiger partial charge in [0.15, 0.2) is 0 Å². The van der Waals surface area contributed by atoms with Gasteiger partial charge in [0.05, 0.1) is 11.5 Å². The van der Waals surface area contributed by atoms with E-state index >= 15 is 0 Å². The predicted octanol–water partition coefficient (Wildman–Crippen LogP) is 2.20. The van der Waals surface area contributed by atoms with Crippen LogP contribution in [0, 0.1) is 0 Å². The van der Waals surface area contributed by atoms with Crippen molar-refractivity contribution < 1.29 is 5.11 Å². The largest absolute Gasteiger partial charge is 0.387 e. The van der Waals surface area contributed by atoms with Crippen molar-refractivity contribution in [1.82, 2.24) is 19.9 Å². The molecule has 1 saturated heterocycles. The summed E-state index contributed by atoms with van der Waals surface area (Å²) in [5.74, 6) is 0.987. The minimum atomic E-state index is -0.453. The van der Waals surface area contributed by atoms with Gasteiger partial charge in [-0.15, -0.1) is 0 Å². The minimum absolute atomic E-state index is 0.344. The molecule has 6 nitrogen and oxygen atoms in total. The summed E-state index contributed by atoms with van der Waals surface area (Å²) in [5.41, 5.74) is 1.85. The lowest BCUT2D eigenvalue weighted by Gasteiger charge is -2.41.